The SMILES string of the molecule is O=S(=O)([N-]S(=O)(=O)C(F)(F)F)OCC12CC3CC(CO)(CC(CO)(C3)C1)C2. The molecular weight excluding hydrogens is 415 g/mol. The number of sulfonamides is 1. The number of halogens is 3. The lowest BCUT2D eigenvalue weighted by atomic mass is 9.40. The monoisotopic (exact) mass is 436 g/mol. The van der Waals surface area contributed by atoms with Gasteiger partial charge in [-0.15, -0.1) is 0 Å². The summed E-state index contributed by atoms with van der Waals surface area (Å²) in [5.74, 6) is 0.128. The van der Waals surface area contributed by atoms with Gasteiger partial charge in [-0.1, -0.05) is 0 Å². The molecule has 2 N–H and O–H groups in total. The molecule has 2 unspecified atom stereocenters. The molecule has 4 rings (SSSR count). The first-order chi connectivity index (χ1) is 12.2. The molecule has 0 aromatic rings. The molecule has 4 fully saturated rings. The minimum Gasteiger partial charge on any atom is -0.404 e. The van der Waals surface area contributed by atoms with Crippen LogP contribution < -0.4 is 0 Å². The summed E-state index contributed by atoms with van der Waals surface area (Å²) in [7, 11) is -11.6. The molecule has 8 nitrogen and oxygen atoms in total. The minimum absolute atomic E-state index is 0.128. The standard InChI is InChI=1S/C14H21F3NO7S2/c15-14(16,17)26(21,22)18-27(23,24)25-9-13-3-10-1-11(5-13,7-19)4-12(2-10,6-13)8-20/h10,19-20H,1-9H2/q-1. The average Bonchev–Trinajstić information content (AvgIpc) is 2.50. The van der Waals surface area contributed by atoms with Crippen molar-refractivity contribution in [3.63, 3.8) is 0 Å². The number of rotatable bonds is 7. The van der Waals surface area contributed by atoms with Crippen LogP contribution in [0.3, 0.4) is 0 Å². The van der Waals surface area contributed by atoms with Crippen LogP contribution in [-0.2, 0) is 24.5 Å². The normalized spacial score (nSPS) is 39.1. The van der Waals surface area contributed by atoms with Crippen molar-refractivity contribution in [3.05, 3.63) is 4.13 Å². The lowest BCUT2D eigenvalue weighted by Gasteiger charge is -2.66. The van der Waals surface area contributed by atoms with E-state index in [0.717, 1.165) is 12.8 Å². The van der Waals surface area contributed by atoms with Gasteiger partial charge in [0.15, 0.2) is 10.0 Å². The topological polar surface area (TPSA) is 132 Å². The molecule has 0 aromatic heterocycles. The van der Waals surface area contributed by atoms with Crippen molar-refractivity contribution in [2.24, 2.45) is 22.2 Å². The zero-order valence-electron chi connectivity index (χ0n) is 14.3. The first-order valence-corrected chi connectivity index (χ1v) is 11.2. The molecule has 0 aromatic carbocycles. The largest absolute Gasteiger partial charge is 0.480 e. The lowest BCUT2D eigenvalue weighted by Crippen LogP contribution is -2.60. The fourth-order valence-corrected chi connectivity index (χ4v) is 7.83. The van der Waals surface area contributed by atoms with E-state index in [1.54, 1.807) is 0 Å². The van der Waals surface area contributed by atoms with Crippen LogP contribution in [0.4, 0.5) is 13.2 Å². The predicted octanol–water partition coefficient (Wildman–Crippen LogP) is 1.41. The number of alkyl halides is 3. The Morgan fingerprint density at radius 3 is 1.81 bits per heavy atom. The fourth-order valence-electron chi connectivity index (χ4n) is 5.96. The highest BCUT2D eigenvalue weighted by Crippen LogP contribution is 2.69. The molecule has 4 saturated carbocycles. The molecule has 4 bridgehead atoms. The van der Waals surface area contributed by atoms with Gasteiger partial charge in [-0.3, -0.25) is 4.18 Å². The van der Waals surface area contributed by atoms with Crippen LogP contribution in [-0.4, -0.2) is 52.4 Å². The summed E-state index contributed by atoms with van der Waals surface area (Å²) in [6.07, 6.45) is 3.38. The Bertz CT molecular complexity index is 791. The van der Waals surface area contributed by atoms with Crippen LogP contribution in [0.25, 0.3) is 4.13 Å². The average molecular weight is 436 g/mol. The maximum absolute atomic E-state index is 12.4. The van der Waals surface area contributed by atoms with Gasteiger partial charge >= 0.3 is 5.51 Å². The summed E-state index contributed by atoms with van der Waals surface area (Å²) >= 11 is 0. The van der Waals surface area contributed by atoms with Crippen molar-refractivity contribution in [1.82, 2.24) is 0 Å². The third kappa shape index (κ3) is 3.86. The Morgan fingerprint density at radius 1 is 0.926 bits per heavy atom. The van der Waals surface area contributed by atoms with E-state index in [1.807, 2.05) is 4.13 Å². The summed E-state index contributed by atoms with van der Waals surface area (Å²) < 4.78 is 88.9. The van der Waals surface area contributed by atoms with Crippen molar-refractivity contribution in [2.75, 3.05) is 19.8 Å². The molecule has 4 aliphatic rings. The summed E-state index contributed by atoms with van der Waals surface area (Å²) in [6, 6.07) is 0. The summed E-state index contributed by atoms with van der Waals surface area (Å²) in [5.41, 5.74) is -7.60. The highest BCUT2D eigenvalue weighted by Gasteiger charge is 2.63. The van der Waals surface area contributed by atoms with E-state index in [4.69, 9.17) is 0 Å². The van der Waals surface area contributed by atoms with Crippen LogP contribution in [0.5, 0.6) is 0 Å². The smallest absolute Gasteiger partial charge is 0.404 e. The van der Waals surface area contributed by atoms with Gasteiger partial charge in [0.25, 0.3) is 0 Å². The molecular formula is C14H21F3NO7S2-. The maximum Gasteiger partial charge on any atom is 0.480 e. The second-order valence-electron chi connectivity index (χ2n) is 8.51. The van der Waals surface area contributed by atoms with E-state index >= 15 is 0 Å². The Labute approximate surface area is 155 Å². The molecule has 0 saturated heterocycles. The molecule has 0 heterocycles. The molecule has 0 amide bonds. The van der Waals surface area contributed by atoms with Crippen molar-refractivity contribution in [3.8, 4) is 0 Å². The molecule has 13 heteroatoms. The second-order valence-corrected chi connectivity index (χ2v) is 11.6. The van der Waals surface area contributed by atoms with Crippen molar-refractivity contribution in [1.29, 1.82) is 0 Å². The Balaban J connectivity index is 1.78. The number of nitrogens with zero attached hydrogens (tertiary/aromatic N) is 1. The van der Waals surface area contributed by atoms with Crippen LogP contribution >= 0.6 is 0 Å². The van der Waals surface area contributed by atoms with Gasteiger partial charge in [0.2, 0.25) is 10.3 Å². The van der Waals surface area contributed by atoms with E-state index in [0.29, 0.717) is 25.7 Å². The third-order valence-electron chi connectivity index (χ3n) is 6.08. The van der Waals surface area contributed by atoms with Crippen LogP contribution in [0.15, 0.2) is 0 Å². The van der Waals surface area contributed by atoms with Crippen LogP contribution in [0, 0.1) is 22.2 Å². The number of aliphatic hydroxyl groups excluding tert-OH is 2. The van der Waals surface area contributed by atoms with Gasteiger partial charge in [-0.05, 0) is 60.7 Å². The fraction of sp³-hybridized carbons (Fsp3) is 1.00. The molecule has 2 atom stereocenters. The zero-order chi connectivity index (χ0) is 20.4. The molecule has 0 aliphatic heterocycles. The van der Waals surface area contributed by atoms with E-state index in [-0.39, 0.29) is 19.1 Å². The predicted molar refractivity (Wildman–Crippen MR) is 85.9 cm³/mol. The van der Waals surface area contributed by atoms with Crippen molar-refractivity contribution in [2.45, 2.75) is 44.0 Å². The highest BCUT2D eigenvalue weighted by molar-refractivity contribution is 8.10. The molecule has 0 radical (unpaired) electrons. The highest BCUT2D eigenvalue weighted by atomic mass is 32.3. The summed E-state index contributed by atoms with van der Waals surface area (Å²) in [4.78, 5) is 0. The third-order valence-corrected chi connectivity index (χ3v) is 8.60. The van der Waals surface area contributed by atoms with Crippen LogP contribution in [0.1, 0.15) is 38.5 Å². The maximum atomic E-state index is 12.4. The Morgan fingerprint density at radius 2 is 1.37 bits per heavy atom. The first kappa shape index (κ1) is 21.2. The van der Waals surface area contributed by atoms with E-state index in [1.165, 1.54) is 0 Å². The number of hydrogen-bond acceptors (Lipinski definition) is 7. The van der Waals surface area contributed by atoms with Crippen molar-refractivity contribution < 1.29 is 44.4 Å². The van der Waals surface area contributed by atoms with E-state index in [2.05, 4.69) is 4.18 Å². The number of hydrogen-bond donors (Lipinski definition) is 2. The first-order valence-electron chi connectivity index (χ1n) is 8.36. The van der Waals surface area contributed by atoms with Gasteiger partial charge in [-0.2, -0.15) is 13.2 Å². The van der Waals surface area contributed by atoms with Crippen LogP contribution in [0.2, 0.25) is 0 Å². The van der Waals surface area contributed by atoms with Crippen molar-refractivity contribution >= 4 is 20.3 Å². The zero-order valence-corrected chi connectivity index (χ0v) is 15.9. The summed E-state index contributed by atoms with van der Waals surface area (Å²) in [5, 5.41) is 19.7. The van der Waals surface area contributed by atoms with Gasteiger partial charge < -0.3 is 14.3 Å². The quantitative estimate of drug-likeness (QED) is 0.617. The minimum atomic E-state index is -6.24. The van der Waals surface area contributed by atoms with Gasteiger partial charge in [-0.25, -0.2) is 16.8 Å². The van der Waals surface area contributed by atoms with E-state index < -0.39 is 48.7 Å². The molecule has 27 heavy (non-hydrogen) atoms. The molecule has 0 spiro atoms. The van der Waals surface area contributed by atoms with Gasteiger partial charge in [0.1, 0.15) is 0 Å². The molecule has 158 valence electrons. The lowest BCUT2D eigenvalue weighted by molar-refractivity contribution is -0.193. The molecule has 4 aliphatic carbocycles. The second kappa shape index (κ2) is 6.26. The number of aliphatic hydroxyl groups is 2. The Hall–Kier alpha value is -0.470. The Kier molecular flexibility index (Phi) is 4.93. The van der Waals surface area contributed by atoms with E-state index in [9.17, 15) is 40.2 Å². The van der Waals surface area contributed by atoms with Gasteiger partial charge in [0.05, 0.1) is 6.61 Å². The van der Waals surface area contributed by atoms with Gasteiger partial charge in [0, 0.05) is 13.2 Å². The summed E-state index contributed by atoms with van der Waals surface area (Å²) in [6.45, 7) is -0.828.